The van der Waals surface area contributed by atoms with Crippen molar-refractivity contribution in [2.24, 2.45) is 5.92 Å². The summed E-state index contributed by atoms with van der Waals surface area (Å²) in [7, 11) is 0. The SMILES string of the molecule is CC(C)Cc1ccc(C(=O)CCC(=O)NCc2csc(C(C)C)n2)cc1. The molecule has 0 fully saturated rings. The van der Waals surface area contributed by atoms with Crippen molar-refractivity contribution in [3.63, 3.8) is 0 Å². The molecule has 2 aromatic rings. The maximum Gasteiger partial charge on any atom is 0.220 e. The largest absolute Gasteiger partial charge is 0.350 e. The molecule has 0 spiro atoms. The number of benzene rings is 1. The van der Waals surface area contributed by atoms with Gasteiger partial charge in [-0.05, 0) is 17.9 Å². The molecule has 0 bridgehead atoms. The van der Waals surface area contributed by atoms with Crippen molar-refractivity contribution >= 4 is 23.0 Å². The molecular formula is C21H28N2O2S. The Bertz CT molecular complexity index is 733. The van der Waals surface area contributed by atoms with E-state index in [1.165, 1.54) is 5.56 Å². The lowest BCUT2D eigenvalue weighted by atomic mass is 9.99. The number of carbonyl (C=O) groups excluding carboxylic acids is 2. The molecule has 4 nitrogen and oxygen atoms in total. The lowest BCUT2D eigenvalue weighted by molar-refractivity contribution is -0.121. The molecule has 1 N–H and O–H groups in total. The average Bonchev–Trinajstić information content (AvgIpc) is 3.07. The predicted octanol–water partition coefficient (Wildman–Crippen LogP) is 4.74. The number of hydrogen-bond acceptors (Lipinski definition) is 4. The Hall–Kier alpha value is -2.01. The van der Waals surface area contributed by atoms with Crippen molar-refractivity contribution in [3.05, 3.63) is 51.5 Å². The third-order valence-corrected chi connectivity index (χ3v) is 5.22. The van der Waals surface area contributed by atoms with Crippen LogP contribution in [-0.4, -0.2) is 16.7 Å². The number of nitrogens with zero attached hydrogens (tertiary/aromatic N) is 1. The van der Waals surface area contributed by atoms with Crippen LogP contribution in [0.1, 0.15) is 73.1 Å². The number of nitrogens with one attached hydrogen (secondary N) is 1. The Morgan fingerprint density at radius 2 is 1.77 bits per heavy atom. The van der Waals surface area contributed by atoms with Crippen molar-refractivity contribution in [1.82, 2.24) is 10.3 Å². The van der Waals surface area contributed by atoms with Gasteiger partial charge in [-0.3, -0.25) is 9.59 Å². The minimum Gasteiger partial charge on any atom is -0.350 e. The summed E-state index contributed by atoms with van der Waals surface area (Å²) >= 11 is 1.61. The van der Waals surface area contributed by atoms with Gasteiger partial charge in [0, 0.05) is 29.7 Å². The van der Waals surface area contributed by atoms with E-state index in [9.17, 15) is 9.59 Å². The monoisotopic (exact) mass is 372 g/mol. The first kappa shape index (κ1) is 20.3. The fourth-order valence-corrected chi connectivity index (χ4v) is 3.45. The fourth-order valence-electron chi connectivity index (χ4n) is 2.62. The van der Waals surface area contributed by atoms with Gasteiger partial charge in [0.2, 0.25) is 5.91 Å². The summed E-state index contributed by atoms with van der Waals surface area (Å²) in [6.45, 7) is 8.96. The van der Waals surface area contributed by atoms with Crippen LogP contribution in [0.3, 0.4) is 0 Å². The van der Waals surface area contributed by atoms with E-state index in [0.717, 1.165) is 17.1 Å². The number of amides is 1. The van der Waals surface area contributed by atoms with Crippen LogP contribution in [0.5, 0.6) is 0 Å². The average molecular weight is 373 g/mol. The fraction of sp³-hybridized carbons (Fsp3) is 0.476. The first-order chi connectivity index (χ1) is 12.3. The minimum absolute atomic E-state index is 0.00648. The van der Waals surface area contributed by atoms with Crippen molar-refractivity contribution in [2.75, 3.05) is 0 Å². The summed E-state index contributed by atoms with van der Waals surface area (Å²) < 4.78 is 0. The van der Waals surface area contributed by atoms with Crippen LogP contribution in [0.2, 0.25) is 0 Å². The number of thiazole rings is 1. The lowest BCUT2D eigenvalue weighted by Gasteiger charge is -2.06. The smallest absolute Gasteiger partial charge is 0.220 e. The van der Waals surface area contributed by atoms with E-state index in [1.807, 2.05) is 29.6 Å². The van der Waals surface area contributed by atoms with Gasteiger partial charge in [-0.2, -0.15) is 0 Å². The molecule has 1 amide bonds. The van der Waals surface area contributed by atoms with Gasteiger partial charge >= 0.3 is 0 Å². The van der Waals surface area contributed by atoms with Crippen molar-refractivity contribution in [2.45, 2.75) is 59.4 Å². The Balaban J connectivity index is 1.76. The number of rotatable bonds is 9. The molecule has 0 aliphatic carbocycles. The van der Waals surface area contributed by atoms with Crippen LogP contribution >= 0.6 is 11.3 Å². The molecule has 1 aromatic heterocycles. The van der Waals surface area contributed by atoms with E-state index in [-0.39, 0.29) is 24.5 Å². The molecule has 0 saturated carbocycles. The molecule has 1 heterocycles. The van der Waals surface area contributed by atoms with E-state index in [2.05, 4.69) is 38.0 Å². The highest BCUT2D eigenvalue weighted by Gasteiger charge is 2.11. The van der Waals surface area contributed by atoms with Crippen LogP contribution in [0.25, 0.3) is 0 Å². The first-order valence-corrected chi connectivity index (χ1v) is 10.1. The number of hydrogen-bond donors (Lipinski definition) is 1. The highest BCUT2D eigenvalue weighted by atomic mass is 32.1. The van der Waals surface area contributed by atoms with E-state index < -0.39 is 0 Å². The number of carbonyl (C=O) groups is 2. The quantitative estimate of drug-likeness (QED) is 0.647. The lowest BCUT2D eigenvalue weighted by Crippen LogP contribution is -2.23. The van der Waals surface area contributed by atoms with Crippen molar-refractivity contribution in [1.29, 1.82) is 0 Å². The normalized spacial score (nSPS) is 11.2. The molecule has 2 rings (SSSR count). The van der Waals surface area contributed by atoms with E-state index >= 15 is 0 Å². The predicted molar refractivity (Wildman–Crippen MR) is 107 cm³/mol. The zero-order chi connectivity index (χ0) is 19.1. The topological polar surface area (TPSA) is 59.1 Å². The van der Waals surface area contributed by atoms with Gasteiger partial charge in [-0.15, -0.1) is 11.3 Å². The molecule has 140 valence electrons. The Morgan fingerprint density at radius 1 is 1.08 bits per heavy atom. The number of aromatic nitrogens is 1. The van der Waals surface area contributed by atoms with Crippen LogP contribution < -0.4 is 5.32 Å². The van der Waals surface area contributed by atoms with Gasteiger partial charge in [0.15, 0.2) is 5.78 Å². The highest BCUT2D eigenvalue weighted by molar-refractivity contribution is 7.09. The van der Waals surface area contributed by atoms with Crippen LogP contribution in [0.4, 0.5) is 0 Å². The van der Waals surface area contributed by atoms with E-state index in [4.69, 9.17) is 0 Å². The molecule has 1 aromatic carbocycles. The summed E-state index contributed by atoms with van der Waals surface area (Å²) in [5, 5.41) is 5.89. The van der Waals surface area contributed by atoms with Crippen molar-refractivity contribution in [3.8, 4) is 0 Å². The van der Waals surface area contributed by atoms with Gasteiger partial charge < -0.3 is 5.32 Å². The molecule has 0 unspecified atom stereocenters. The molecule has 0 atom stereocenters. The van der Waals surface area contributed by atoms with Gasteiger partial charge in [0.05, 0.1) is 17.2 Å². The van der Waals surface area contributed by atoms with Gasteiger partial charge in [0.1, 0.15) is 0 Å². The Kier molecular flexibility index (Phi) is 7.51. The highest BCUT2D eigenvalue weighted by Crippen LogP contribution is 2.19. The van der Waals surface area contributed by atoms with Crippen molar-refractivity contribution < 1.29 is 9.59 Å². The minimum atomic E-state index is -0.117. The standard InChI is InChI=1S/C21H28N2O2S/c1-14(2)11-16-5-7-17(8-6-16)19(24)9-10-20(25)22-12-18-13-26-21(23-18)15(3)4/h5-8,13-15H,9-12H2,1-4H3,(H,22,25). The maximum atomic E-state index is 12.2. The Labute approximate surface area is 160 Å². The second kappa shape index (κ2) is 9.62. The molecule has 5 heteroatoms. The molecule has 0 aliphatic rings. The van der Waals surface area contributed by atoms with Gasteiger partial charge in [-0.1, -0.05) is 52.0 Å². The van der Waals surface area contributed by atoms with Crippen LogP contribution in [-0.2, 0) is 17.8 Å². The summed E-state index contributed by atoms with van der Waals surface area (Å²) in [5.41, 5.74) is 2.78. The molecule has 0 aliphatic heterocycles. The molecule has 26 heavy (non-hydrogen) atoms. The third-order valence-electron chi connectivity index (χ3n) is 4.03. The second-order valence-electron chi connectivity index (χ2n) is 7.33. The number of ketones is 1. The maximum absolute atomic E-state index is 12.2. The Morgan fingerprint density at radius 3 is 2.35 bits per heavy atom. The molecule has 0 saturated heterocycles. The number of Topliss-reactive ketones (excluding diaryl/α,β-unsaturated/α-hetero) is 1. The summed E-state index contributed by atoms with van der Waals surface area (Å²) in [4.78, 5) is 28.7. The summed E-state index contributed by atoms with van der Waals surface area (Å²) in [6.07, 6.45) is 1.43. The molecular weight excluding hydrogens is 344 g/mol. The van der Waals surface area contributed by atoms with Crippen LogP contribution in [0, 0.1) is 5.92 Å². The zero-order valence-corrected chi connectivity index (χ0v) is 16.9. The summed E-state index contributed by atoms with van der Waals surface area (Å²) in [5.74, 6) is 0.879. The zero-order valence-electron chi connectivity index (χ0n) is 16.0. The van der Waals surface area contributed by atoms with Gasteiger partial charge in [-0.25, -0.2) is 4.98 Å². The van der Waals surface area contributed by atoms with E-state index in [1.54, 1.807) is 11.3 Å². The van der Waals surface area contributed by atoms with Gasteiger partial charge in [0.25, 0.3) is 0 Å². The van der Waals surface area contributed by atoms with Crippen LogP contribution in [0.15, 0.2) is 29.6 Å². The second-order valence-corrected chi connectivity index (χ2v) is 8.22. The molecule has 0 radical (unpaired) electrons. The third kappa shape index (κ3) is 6.37. The summed E-state index contributed by atoms with van der Waals surface area (Å²) in [6, 6.07) is 7.73. The first-order valence-electron chi connectivity index (χ1n) is 9.18. The van der Waals surface area contributed by atoms with E-state index in [0.29, 0.717) is 23.9 Å².